The zero-order valence-corrected chi connectivity index (χ0v) is 15.8. The lowest BCUT2D eigenvalue weighted by atomic mass is 9.97. The van der Waals surface area contributed by atoms with Gasteiger partial charge in [-0.05, 0) is 56.0 Å². The number of amides is 1. The Bertz CT molecular complexity index is 516. The highest BCUT2D eigenvalue weighted by Crippen LogP contribution is 2.18. The van der Waals surface area contributed by atoms with Crippen LogP contribution in [0.15, 0.2) is 24.3 Å². The smallest absolute Gasteiger partial charge is 0.222 e. The summed E-state index contributed by atoms with van der Waals surface area (Å²) in [6.07, 6.45) is 3.43. The molecule has 0 aliphatic carbocycles. The summed E-state index contributed by atoms with van der Waals surface area (Å²) in [5, 5.41) is 3.07. The zero-order chi connectivity index (χ0) is 18.1. The number of ether oxygens (including phenoxy) is 2. The molecule has 25 heavy (non-hydrogen) atoms. The Balaban J connectivity index is 1.62. The maximum absolute atomic E-state index is 11.7. The molecule has 5 nitrogen and oxygen atoms in total. The largest absolute Gasteiger partial charge is 0.497 e. The Kier molecular flexibility index (Phi) is 8.06. The van der Waals surface area contributed by atoms with E-state index in [4.69, 9.17) is 9.47 Å². The van der Waals surface area contributed by atoms with Crippen molar-refractivity contribution in [2.45, 2.75) is 33.1 Å². The number of carbonyl (C=O) groups excluding carboxylic acids is 1. The van der Waals surface area contributed by atoms with E-state index in [1.165, 1.54) is 12.8 Å². The third kappa shape index (κ3) is 6.94. The van der Waals surface area contributed by atoms with Crippen LogP contribution in [0, 0.1) is 11.8 Å². The second-order valence-corrected chi connectivity index (χ2v) is 7.09. The van der Waals surface area contributed by atoms with Crippen molar-refractivity contribution in [3.05, 3.63) is 24.3 Å². The van der Waals surface area contributed by atoms with Crippen molar-refractivity contribution in [2.75, 3.05) is 39.9 Å². The van der Waals surface area contributed by atoms with Gasteiger partial charge in [0.2, 0.25) is 5.91 Å². The van der Waals surface area contributed by atoms with E-state index in [1.807, 2.05) is 38.1 Å². The van der Waals surface area contributed by atoms with Gasteiger partial charge in [0.15, 0.2) is 0 Å². The number of nitrogens with one attached hydrogen (secondary N) is 1. The van der Waals surface area contributed by atoms with Crippen molar-refractivity contribution in [3.63, 3.8) is 0 Å². The van der Waals surface area contributed by atoms with Crippen LogP contribution < -0.4 is 14.8 Å². The highest BCUT2D eigenvalue weighted by Gasteiger charge is 2.20. The molecular formula is C20H32N2O3. The molecule has 1 aromatic rings. The molecule has 1 fully saturated rings. The van der Waals surface area contributed by atoms with Crippen LogP contribution in [-0.2, 0) is 4.79 Å². The minimum atomic E-state index is 0.0646. The van der Waals surface area contributed by atoms with Gasteiger partial charge in [0.05, 0.1) is 13.7 Å². The number of likely N-dealkylation sites (tertiary alicyclic amines) is 1. The standard InChI is InChI=1S/C20H32N2O3/c1-16(2)20(23)21-14-17-6-4-11-22(15-17)12-5-13-25-19-9-7-18(24-3)8-10-19/h7-10,16-17H,4-6,11-15H2,1-3H3,(H,21,23). The van der Waals surface area contributed by atoms with E-state index < -0.39 is 0 Å². The number of nitrogens with zero attached hydrogens (tertiary/aromatic N) is 1. The van der Waals surface area contributed by atoms with Crippen molar-refractivity contribution < 1.29 is 14.3 Å². The van der Waals surface area contributed by atoms with Crippen LogP contribution in [0.2, 0.25) is 0 Å². The summed E-state index contributed by atoms with van der Waals surface area (Å²) in [7, 11) is 1.66. The van der Waals surface area contributed by atoms with Crippen molar-refractivity contribution in [1.29, 1.82) is 0 Å². The SMILES string of the molecule is COc1ccc(OCCCN2CCCC(CNC(=O)C(C)C)C2)cc1. The van der Waals surface area contributed by atoms with Gasteiger partial charge in [-0.3, -0.25) is 4.79 Å². The molecular weight excluding hydrogens is 316 g/mol. The number of rotatable bonds is 9. The summed E-state index contributed by atoms with van der Waals surface area (Å²) in [4.78, 5) is 14.2. The van der Waals surface area contributed by atoms with Crippen molar-refractivity contribution in [2.24, 2.45) is 11.8 Å². The average molecular weight is 348 g/mol. The molecule has 140 valence electrons. The first-order valence-corrected chi connectivity index (χ1v) is 9.35. The van der Waals surface area contributed by atoms with Crippen molar-refractivity contribution >= 4 is 5.91 Å². The third-order valence-corrected chi connectivity index (χ3v) is 4.64. The summed E-state index contributed by atoms with van der Waals surface area (Å²) in [6.45, 7) is 8.66. The summed E-state index contributed by atoms with van der Waals surface area (Å²) in [5.41, 5.74) is 0. The molecule has 1 amide bonds. The first-order valence-electron chi connectivity index (χ1n) is 9.35. The number of piperidine rings is 1. The van der Waals surface area contributed by atoms with E-state index in [9.17, 15) is 4.79 Å². The van der Waals surface area contributed by atoms with Crippen LogP contribution in [0.4, 0.5) is 0 Å². The van der Waals surface area contributed by atoms with Gasteiger partial charge in [0.1, 0.15) is 11.5 Å². The fourth-order valence-corrected chi connectivity index (χ4v) is 3.12. The van der Waals surface area contributed by atoms with Crippen LogP contribution in [0.5, 0.6) is 11.5 Å². The minimum Gasteiger partial charge on any atom is -0.497 e. The number of benzene rings is 1. The molecule has 0 spiro atoms. The molecule has 1 aromatic carbocycles. The minimum absolute atomic E-state index is 0.0646. The highest BCUT2D eigenvalue weighted by molar-refractivity contribution is 5.77. The third-order valence-electron chi connectivity index (χ3n) is 4.64. The Morgan fingerprint density at radius 3 is 2.68 bits per heavy atom. The lowest BCUT2D eigenvalue weighted by Gasteiger charge is -2.32. The van der Waals surface area contributed by atoms with Gasteiger partial charge < -0.3 is 19.7 Å². The van der Waals surface area contributed by atoms with E-state index >= 15 is 0 Å². The van der Waals surface area contributed by atoms with Gasteiger partial charge in [0.25, 0.3) is 0 Å². The van der Waals surface area contributed by atoms with Crippen LogP contribution in [-0.4, -0.2) is 50.7 Å². The van der Waals surface area contributed by atoms with E-state index in [2.05, 4.69) is 10.2 Å². The van der Waals surface area contributed by atoms with Crippen LogP contribution in [0.25, 0.3) is 0 Å². The summed E-state index contributed by atoms with van der Waals surface area (Å²) >= 11 is 0. The van der Waals surface area contributed by atoms with Gasteiger partial charge in [-0.2, -0.15) is 0 Å². The van der Waals surface area contributed by atoms with E-state index in [0.29, 0.717) is 5.92 Å². The zero-order valence-electron chi connectivity index (χ0n) is 15.8. The van der Waals surface area contributed by atoms with Crippen LogP contribution in [0.1, 0.15) is 33.1 Å². The van der Waals surface area contributed by atoms with Crippen molar-refractivity contribution in [3.8, 4) is 11.5 Å². The molecule has 1 heterocycles. The second kappa shape index (κ2) is 10.3. The molecule has 0 aromatic heterocycles. The Hall–Kier alpha value is -1.75. The fraction of sp³-hybridized carbons (Fsp3) is 0.650. The van der Waals surface area contributed by atoms with Gasteiger partial charge in [0, 0.05) is 25.6 Å². The molecule has 0 bridgehead atoms. The number of hydrogen-bond donors (Lipinski definition) is 1. The molecule has 2 rings (SSSR count). The number of methoxy groups -OCH3 is 1. The Morgan fingerprint density at radius 2 is 2.00 bits per heavy atom. The maximum atomic E-state index is 11.7. The Morgan fingerprint density at radius 1 is 1.28 bits per heavy atom. The monoisotopic (exact) mass is 348 g/mol. The van der Waals surface area contributed by atoms with Gasteiger partial charge >= 0.3 is 0 Å². The summed E-state index contributed by atoms with van der Waals surface area (Å²) in [5.74, 6) is 2.52. The molecule has 1 aliphatic heterocycles. The normalized spacial score (nSPS) is 18.2. The van der Waals surface area contributed by atoms with Crippen molar-refractivity contribution in [1.82, 2.24) is 10.2 Å². The molecule has 1 aliphatic rings. The lowest BCUT2D eigenvalue weighted by Crippen LogP contribution is -2.42. The molecule has 1 N–H and O–H groups in total. The molecule has 1 saturated heterocycles. The summed E-state index contributed by atoms with van der Waals surface area (Å²) < 4.78 is 10.9. The highest BCUT2D eigenvalue weighted by atomic mass is 16.5. The quantitative estimate of drug-likeness (QED) is 0.697. The number of hydrogen-bond acceptors (Lipinski definition) is 4. The van der Waals surface area contributed by atoms with E-state index in [0.717, 1.165) is 50.7 Å². The first-order chi connectivity index (χ1) is 12.1. The van der Waals surface area contributed by atoms with Crippen LogP contribution in [0.3, 0.4) is 0 Å². The predicted octanol–water partition coefficient (Wildman–Crippen LogP) is 2.95. The summed E-state index contributed by atoms with van der Waals surface area (Å²) in [6, 6.07) is 7.70. The maximum Gasteiger partial charge on any atom is 0.222 e. The topological polar surface area (TPSA) is 50.8 Å². The molecule has 0 saturated carbocycles. The fourth-order valence-electron chi connectivity index (χ4n) is 3.12. The van der Waals surface area contributed by atoms with Gasteiger partial charge in [-0.25, -0.2) is 0 Å². The Labute approximate surface area is 151 Å². The van der Waals surface area contributed by atoms with Gasteiger partial charge in [-0.15, -0.1) is 0 Å². The predicted molar refractivity (Wildman–Crippen MR) is 100 cm³/mol. The van der Waals surface area contributed by atoms with Crippen LogP contribution >= 0.6 is 0 Å². The molecule has 1 atom stereocenters. The lowest BCUT2D eigenvalue weighted by molar-refractivity contribution is -0.124. The van der Waals surface area contributed by atoms with E-state index in [1.54, 1.807) is 7.11 Å². The van der Waals surface area contributed by atoms with Gasteiger partial charge in [-0.1, -0.05) is 13.8 Å². The first kappa shape index (κ1) is 19.6. The molecule has 0 radical (unpaired) electrons. The number of carbonyl (C=O) groups is 1. The molecule has 5 heteroatoms. The average Bonchev–Trinajstić information content (AvgIpc) is 2.64. The second-order valence-electron chi connectivity index (χ2n) is 7.09. The molecule has 1 unspecified atom stereocenters. The van der Waals surface area contributed by atoms with E-state index in [-0.39, 0.29) is 11.8 Å².